The molecule has 7 heteroatoms. The number of nitrogens with two attached hydrogens (primary N) is 1. The van der Waals surface area contributed by atoms with Crippen molar-refractivity contribution in [2.45, 2.75) is 39.2 Å². The van der Waals surface area contributed by atoms with Gasteiger partial charge in [-0.25, -0.2) is 18.2 Å². The van der Waals surface area contributed by atoms with E-state index < -0.39 is 12.2 Å². The third-order valence-corrected chi connectivity index (χ3v) is 4.51. The van der Waals surface area contributed by atoms with Crippen LogP contribution in [0.2, 0.25) is 0 Å². The Bertz CT molecular complexity index is 1000. The van der Waals surface area contributed by atoms with Crippen molar-refractivity contribution in [3.63, 3.8) is 0 Å². The lowest BCUT2D eigenvalue weighted by atomic mass is 9.93. The molecular weight excluding hydrogens is 379 g/mol. The van der Waals surface area contributed by atoms with Crippen molar-refractivity contribution in [3.05, 3.63) is 54.1 Å². The molecule has 0 aliphatic rings. The monoisotopic (exact) mass is 403 g/mol. The average Bonchev–Trinajstić information content (AvgIpc) is 2.64. The molecule has 0 fully saturated rings. The maximum atomic E-state index is 13.7. The number of pyridine rings is 2. The zero-order valence-electron chi connectivity index (χ0n) is 16.6. The summed E-state index contributed by atoms with van der Waals surface area (Å²) in [5, 5.41) is 0.656. The lowest BCUT2D eigenvalue weighted by Gasteiger charge is -2.23. The summed E-state index contributed by atoms with van der Waals surface area (Å²) in [4.78, 5) is 8.28. The number of halogens is 3. The topological polar surface area (TPSA) is 61.0 Å². The first-order valence-corrected chi connectivity index (χ1v) is 9.38. The fourth-order valence-corrected chi connectivity index (χ4v) is 3.44. The van der Waals surface area contributed by atoms with Crippen LogP contribution in [0.4, 0.5) is 13.2 Å². The Kier molecular flexibility index (Phi) is 6.07. The summed E-state index contributed by atoms with van der Waals surface area (Å²) in [5.74, 6) is -0.414. The van der Waals surface area contributed by atoms with Gasteiger partial charge in [0.15, 0.2) is 0 Å². The SMILES string of the molecule is CC(COc1ncc(-c2ccnc3cc(F)ccc23)cc1C(F)F)CC(C)(C)N. The van der Waals surface area contributed by atoms with Crippen molar-refractivity contribution in [1.29, 1.82) is 0 Å². The molecule has 3 aromatic rings. The van der Waals surface area contributed by atoms with E-state index >= 15 is 0 Å². The largest absolute Gasteiger partial charge is 0.477 e. The van der Waals surface area contributed by atoms with Crippen LogP contribution in [0.3, 0.4) is 0 Å². The van der Waals surface area contributed by atoms with Crippen molar-refractivity contribution >= 4 is 10.9 Å². The molecule has 0 saturated heterocycles. The van der Waals surface area contributed by atoms with Crippen molar-refractivity contribution in [2.24, 2.45) is 11.7 Å². The van der Waals surface area contributed by atoms with Crippen LogP contribution >= 0.6 is 0 Å². The second kappa shape index (κ2) is 8.37. The van der Waals surface area contributed by atoms with E-state index in [9.17, 15) is 13.2 Å². The van der Waals surface area contributed by atoms with Gasteiger partial charge >= 0.3 is 0 Å². The molecule has 2 heterocycles. The molecule has 0 bridgehead atoms. The first kappa shape index (κ1) is 21.0. The molecule has 29 heavy (non-hydrogen) atoms. The molecule has 2 N–H and O–H groups in total. The molecule has 0 saturated carbocycles. The summed E-state index contributed by atoms with van der Waals surface area (Å²) >= 11 is 0. The van der Waals surface area contributed by atoms with Gasteiger partial charge in [0.2, 0.25) is 5.88 Å². The van der Waals surface area contributed by atoms with Gasteiger partial charge in [-0.05, 0) is 56.0 Å². The molecule has 0 aliphatic carbocycles. The lowest BCUT2D eigenvalue weighted by molar-refractivity contribution is 0.140. The van der Waals surface area contributed by atoms with Crippen LogP contribution in [0.25, 0.3) is 22.0 Å². The quantitative estimate of drug-likeness (QED) is 0.565. The summed E-state index contributed by atoms with van der Waals surface area (Å²) in [5.41, 5.74) is 6.93. The first-order valence-electron chi connectivity index (χ1n) is 9.38. The minimum absolute atomic E-state index is 0.0843. The number of ether oxygens (including phenoxy) is 1. The van der Waals surface area contributed by atoms with Crippen LogP contribution in [0.5, 0.6) is 5.88 Å². The Morgan fingerprint density at radius 3 is 2.59 bits per heavy atom. The van der Waals surface area contributed by atoms with Crippen LogP contribution < -0.4 is 10.5 Å². The predicted octanol–water partition coefficient (Wildman–Crippen LogP) is 5.52. The molecule has 1 atom stereocenters. The molecule has 154 valence electrons. The zero-order valence-corrected chi connectivity index (χ0v) is 16.6. The average molecular weight is 403 g/mol. The molecule has 0 amide bonds. The number of rotatable bonds is 7. The highest BCUT2D eigenvalue weighted by molar-refractivity contribution is 5.94. The van der Waals surface area contributed by atoms with E-state index in [1.165, 1.54) is 30.6 Å². The zero-order chi connectivity index (χ0) is 21.2. The number of benzene rings is 1. The van der Waals surface area contributed by atoms with Crippen LogP contribution in [-0.2, 0) is 0 Å². The molecular formula is C22H24F3N3O. The smallest absolute Gasteiger partial charge is 0.269 e. The molecule has 4 nitrogen and oxygen atoms in total. The fraction of sp³-hybridized carbons (Fsp3) is 0.364. The Morgan fingerprint density at radius 2 is 1.90 bits per heavy atom. The van der Waals surface area contributed by atoms with E-state index in [0.717, 1.165) is 0 Å². The lowest BCUT2D eigenvalue weighted by Crippen LogP contribution is -2.35. The van der Waals surface area contributed by atoms with Crippen molar-refractivity contribution in [3.8, 4) is 17.0 Å². The maximum absolute atomic E-state index is 13.7. The van der Waals surface area contributed by atoms with E-state index in [-0.39, 0.29) is 29.5 Å². The van der Waals surface area contributed by atoms with E-state index in [2.05, 4.69) is 9.97 Å². The van der Waals surface area contributed by atoms with Gasteiger partial charge in [0, 0.05) is 34.9 Å². The third kappa shape index (κ3) is 5.23. The standard InChI is InChI=1S/C22H24F3N3O/c1-13(10-22(2,3)26)12-29-21-18(20(24)25)8-14(11-28-21)16-6-7-27-19-9-15(23)4-5-17(16)19/h4-9,11,13,20H,10,12,26H2,1-3H3. The normalized spacial score (nSPS) is 13.1. The van der Waals surface area contributed by atoms with Gasteiger partial charge in [-0.2, -0.15) is 0 Å². The number of fused-ring (bicyclic) bond motifs is 1. The van der Waals surface area contributed by atoms with Gasteiger partial charge in [0.05, 0.1) is 17.7 Å². The first-order chi connectivity index (χ1) is 13.6. The molecule has 3 rings (SSSR count). The second-order valence-electron chi connectivity index (χ2n) is 8.05. The maximum Gasteiger partial charge on any atom is 0.269 e. The number of aromatic nitrogens is 2. The predicted molar refractivity (Wildman–Crippen MR) is 107 cm³/mol. The minimum atomic E-state index is -2.75. The summed E-state index contributed by atoms with van der Waals surface area (Å²) in [6, 6.07) is 7.25. The highest BCUT2D eigenvalue weighted by Gasteiger charge is 2.20. The molecule has 2 aromatic heterocycles. The number of hydrogen-bond donors (Lipinski definition) is 1. The van der Waals surface area contributed by atoms with Gasteiger partial charge < -0.3 is 10.5 Å². The second-order valence-corrected chi connectivity index (χ2v) is 8.05. The van der Waals surface area contributed by atoms with Crippen molar-refractivity contribution in [1.82, 2.24) is 9.97 Å². The number of hydrogen-bond acceptors (Lipinski definition) is 4. The van der Waals surface area contributed by atoms with Crippen LogP contribution in [-0.4, -0.2) is 22.1 Å². The molecule has 0 aliphatic heterocycles. The fourth-order valence-electron chi connectivity index (χ4n) is 3.44. The van der Waals surface area contributed by atoms with Crippen LogP contribution in [0.1, 0.15) is 39.2 Å². The Labute approximate surface area is 167 Å². The van der Waals surface area contributed by atoms with Gasteiger partial charge in [-0.3, -0.25) is 4.98 Å². The third-order valence-electron chi connectivity index (χ3n) is 4.51. The number of alkyl halides is 2. The summed E-state index contributed by atoms with van der Waals surface area (Å²) in [6.07, 6.45) is 0.940. The van der Waals surface area contributed by atoms with Crippen LogP contribution in [0.15, 0.2) is 42.7 Å². The Balaban J connectivity index is 1.91. The van der Waals surface area contributed by atoms with E-state index in [0.29, 0.717) is 28.5 Å². The van der Waals surface area contributed by atoms with Gasteiger partial charge in [0.1, 0.15) is 5.82 Å². The molecule has 0 spiro atoms. The summed E-state index contributed by atoms with van der Waals surface area (Å²) in [7, 11) is 0. The summed E-state index contributed by atoms with van der Waals surface area (Å²) in [6.45, 7) is 6.01. The Hall–Kier alpha value is -2.67. The van der Waals surface area contributed by atoms with Crippen molar-refractivity contribution in [2.75, 3.05) is 6.61 Å². The minimum Gasteiger partial charge on any atom is -0.477 e. The molecule has 0 radical (unpaired) electrons. The Morgan fingerprint density at radius 1 is 1.14 bits per heavy atom. The van der Waals surface area contributed by atoms with E-state index in [1.807, 2.05) is 20.8 Å². The van der Waals surface area contributed by atoms with E-state index in [4.69, 9.17) is 10.5 Å². The van der Waals surface area contributed by atoms with Gasteiger partial charge in [0.25, 0.3) is 6.43 Å². The number of nitrogens with zero attached hydrogens (tertiary/aromatic N) is 2. The van der Waals surface area contributed by atoms with Gasteiger partial charge in [-0.15, -0.1) is 0 Å². The highest BCUT2D eigenvalue weighted by Crippen LogP contribution is 2.34. The van der Waals surface area contributed by atoms with Crippen LogP contribution in [0, 0.1) is 11.7 Å². The highest BCUT2D eigenvalue weighted by atomic mass is 19.3. The summed E-state index contributed by atoms with van der Waals surface area (Å²) < 4.78 is 46.4. The van der Waals surface area contributed by atoms with Crippen molar-refractivity contribution < 1.29 is 17.9 Å². The van der Waals surface area contributed by atoms with Gasteiger partial charge in [-0.1, -0.05) is 6.92 Å². The van der Waals surface area contributed by atoms with E-state index in [1.54, 1.807) is 12.1 Å². The molecule has 1 unspecified atom stereocenters. The molecule has 1 aromatic carbocycles.